The maximum Gasteiger partial charge on any atom is 0.366 e. The van der Waals surface area contributed by atoms with Crippen molar-refractivity contribution in [2.24, 2.45) is 10.4 Å². The van der Waals surface area contributed by atoms with Gasteiger partial charge in [-0.15, -0.1) is 0 Å². The number of aryl methyl sites for hydroxylation is 1. The van der Waals surface area contributed by atoms with Crippen LogP contribution in [0, 0.1) is 6.92 Å². The second-order valence-electron chi connectivity index (χ2n) is 2.76. The van der Waals surface area contributed by atoms with E-state index in [1.807, 2.05) is 31.2 Å². The van der Waals surface area contributed by atoms with Crippen LogP contribution in [-0.4, -0.2) is 11.1 Å². The van der Waals surface area contributed by atoms with Crippen LogP contribution >= 0.6 is 0 Å². The summed E-state index contributed by atoms with van der Waals surface area (Å²) in [5.74, 6) is 0. The summed E-state index contributed by atoms with van der Waals surface area (Å²) in [5, 5.41) is 10.4. The van der Waals surface area contributed by atoms with E-state index in [2.05, 4.69) is 15.8 Å². The van der Waals surface area contributed by atoms with Crippen LogP contribution in [0.15, 0.2) is 34.7 Å². The Labute approximate surface area is 75.0 Å². The molecule has 13 heavy (non-hydrogen) atoms. The Morgan fingerprint density at radius 3 is 2.46 bits per heavy atom. The number of anilines is 1. The summed E-state index contributed by atoms with van der Waals surface area (Å²) < 4.78 is 0. The number of urea groups is 1. The molecule has 0 atom stereocenters. The van der Waals surface area contributed by atoms with Gasteiger partial charge < -0.3 is 5.32 Å². The van der Waals surface area contributed by atoms with E-state index in [1.54, 1.807) is 0 Å². The van der Waals surface area contributed by atoms with Crippen LogP contribution in [-0.2, 0) is 0 Å². The molecule has 66 valence electrons. The molecule has 0 radical (unpaired) electrons. The predicted octanol–water partition coefficient (Wildman–Crippen LogP) is 2.12. The van der Waals surface area contributed by atoms with Gasteiger partial charge in [0, 0.05) is 5.69 Å². The first kappa shape index (κ1) is 7.72. The van der Waals surface area contributed by atoms with Gasteiger partial charge in [-0.3, -0.25) is 0 Å². The zero-order chi connectivity index (χ0) is 9.26. The van der Waals surface area contributed by atoms with Gasteiger partial charge in [0.1, 0.15) is 0 Å². The number of carbonyl (C=O) groups excluding carboxylic acids is 1. The van der Waals surface area contributed by atoms with Crippen molar-refractivity contribution in [2.75, 3.05) is 5.32 Å². The Bertz CT molecular complexity index is 351. The number of nitrogens with one attached hydrogen (secondary N) is 1. The van der Waals surface area contributed by atoms with Crippen molar-refractivity contribution >= 4 is 11.7 Å². The normalized spacial score (nSPS) is 12.8. The van der Waals surface area contributed by atoms with Gasteiger partial charge >= 0.3 is 6.03 Å². The quantitative estimate of drug-likeness (QED) is 0.700. The third-order valence-corrected chi connectivity index (χ3v) is 1.66. The van der Waals surface area contributed by atoms with E-state index in [9.17, 15) is 4.79 Å². The van der Waals surface area contributed by atoms with Crippen LogP contribution in [0.2, 0.25) is 0 Å². The number of hydrogen-bond donors (Lipinski definition) is 1. The third kappa shape index (κ3) is 1.81. The molecule has 0 bridgehead atoms. The van der Waals surface area contributed by atoms with E-state index < -0.39 is 0 Å². The number of rotatable bonds is 1. The van der Waals surface area contributed by atoms with Gasteiger partial charge in [-0.05, 0) is 29.5 Å². The van der Waals surface area contributed by atoms with Gasteiger partial charge in [-0.25, -0.2) is 4.79 Å². The van der Waals surface area contributed by atoms with Gasteiger partial charge in [0.15, 0.2) is 0 Å². The Hall–Kier alpha value is -1.91. The highest BCUT2D eigenvalue weighted by Gasteiger charge is 2.21. The molecule has 0 aromatic heterocycles. The maximum absolute atomic E-state index is 11.1. The van der Waals surface area contributed by atoms with Crippen LogP contribution in [0.3, 0.4) is 0 Å². The molecule has 1 aromatic rings. The van der Waals surface area contributed by atoms with Crippen molar-refractivity contribution in [3.63, 3.8) is 0 Å². The summed E-state index contributed by atoms with van der Waals surface area (Å²) in [7, 11) is 0. The summed E-state index contributed by atoms with van der Waals surface area (Å²) in [6.07, 6.45) is 0. The fourth-order valence-electron chi connectivity index (χ4n) is 0.912. The molecule has 0 saturated carbocycles. The number of benzene rings is 1. The molecule has 5 nitrogen and oxygen atoms in total. The molecule has 0 fully saturated rings. The van der Waals surface area contributed by atoms with Crippen LogP contribution in [0.25, 0.3) is 0 Å². The largest absolute Gasteiger partial charge is 0.366 e. The summed E-state index contributed by atoms with van der Waals surface area (Å²) in [4.78, 5) is 11.1. The van der Waals surface area contributed by atoms with E-state index in [0.717, 1.165) is 16.4 Å². The minimum Gasteiger partial charge on any atom is -0.305 e. The Kier molecular flexibility index (Phi) is 1.70. The number of carbonyl (C=O) groups is 1. The topological polar surface area (TPSA) is 56.8 Å². The first-order valence-corrected chi connectivity index (χ1v) is 3.85. The molecule has 2 amide bonds. The molecule has 1 N–H and O–H groups in total. The van der Waals surface area contributed by atoms with Gasteiger partial charge in [-0.2, -0.15) is 0 Å². The molecule has 0 spiro atoms. The van der Waals surface area contributed by atoms with Crippen LogP contribution in [0.5, 0.6) is 0 Å². The molecular weight excluding hydrogens is 168 g/mol. The summed E-state index contributed by atoms with van der Waals surface area (Å²) in [5.41, 5.74) is 1.90. The zero-order valence-corrected chi connectivity index (χ0v) is 7.06. The first-order chi connectivity index (χ1) is 6.25. The lowest BCUT2D eigenvalue weighted by Crippen LogP contribution is -2.17. The van der Waals surface area contributed by atoms with Gasteiger partial charge in [0.25, 0.3) is 0 Å². The molecule has 1 heterocycles. The fourth-order valence-corrected chi connectivity index (χ4v) is 0.912. The highest BCUT2D eigenvalue weighted by atomic mass is 16.2. The summed E-state index contributed by atoms with van der Waals surface area (Å²) in [6.45, 7) is 1.99. The molecular formula is C8H8N4O. The molecule has 1 aromatic carbocycles. The molecule has 0 aliphatic carbocycles. The van der Waals surface area contributed by atoms with Crippen molar-refractivity contribution in [3.05, 3.63) is 29.8 Å². The third-order valence-electron chi connectivity index (χ3n) is 1.66. The zero-order valence-electron chi connectivity index (χ0n) is 7.06. The Morgan fingerprint density at radius 1 is 1.31 bits per heavy atom. The standard InChI is InChI=1S/C8H8N4O/c1-6-2-4-7(5-3-6)9-8(13)12-10-11-12/h2-5H,1H3,(H,9,13). The lowest BCUT2D eigenvalue weighted by atomic mass is 10.2. The molecule has 5 heteroatoms. The van der Waals surface area contributed by atoms with Crippen molar-refractivity contribution in [1.82, 2.24) is 5.12 Å². The average Bonchev–Trinajstić information content (AvgIpc) is 2.91. The van der Waals surface area contributed by atoms with E-state index in [0.29, 0.717) is 0 Å². The molecule has 0 saturated heterocycles. The lowest BCUT2D eigenvalue weighted by Gasteiger charge is -2.02. The van der Waals surface area contributed by atoms with Gasteiger partial charge in [0.2, 0.25) is 0 Å². The van der Waals surface area contributed by atoms with Crippen LogP contribution < -0.4 is 5.32 Å². The van der Waals surface area contributed by atoms with Gasteiger partial charge in [0.05, 0.1) is 0 Å². The second kappa shape index (κ2) is 2.85. The van der Waals surface area contributed by atoms with Gasteiger partial charge in [-0.1, -0.05) is 22.8 Å². The van der Waals surface area contributed by atoms with Crippen molar-refractivity contribution in [1.29, 1.82) is 0 Å². The van der Waals surface area contributed by atoms with E-state index in [4.69, 9.17) is 0 Å². The average molecular weight is 176 g/mol. The first-order valence-electron chi connectivity index (χ1n) is 3.85. The highest BCUT2D eigenvalue weighted by Crippen LogP contribution is 2.13. The molecule has 2 rings (SSSR count). The molecule has 1 aliphatic heterocycles. The van der Waals surface area contributed by atoms with E-state index in [-0.39, 0.29) is 6.03 Å². The van der Waals surface area contributed by atoms with Crippen molar-refractivity contribution in [2.45, 2.75) is 6.92 Å². The highest BCUT2D eigenvalue weighted by molar-refractivity contribution is 5.89. The number of amides is 2. The van der Waals surface area contributed by atoms with Crippen LogP contribution in [0.4, 0.5) is 10.5 Å². The van der Waals surface area contributed by atoms with Crippen LogP contribution in [0.1, 0.15) is 5.56 Å². The minimum atomic E-state index is -0.330. The Morgan fingerprint density at radius 2 is 1.92 bits per heavy atom. The van der Waals surface area contributed by atoms with E-state index in [1.165, 1.54) is 0 Å². The fraction of sp³-hybridized carbons (Fsp3) is 0.125. The SMILES string of the molecule is Cc1ccc(NC(=O)N2N=N2)cc1. The lowest BCUT2D eigenvalue weighted by molar-refractivity contribution is 0.236. The second-order valence-corrected chi connectivity index (χ2v) is 2.76. The van der Waals surface area contributed by atoms with Crippen molar-refractivity contribution < 1.29 is 4.79 Å². The minimum absolute atomic E-state index is 0.330. The van der Waals surface area contributed by atoms with Crippen molar-refractivity contribution in [3.8, 4) is 0 Å². The summed E-state index contributed by atoms with van der Waals surface area (Å²) in [6, 6.07) is 7.18. The monoisotopic (exact) mass is 176 g/mol. The summed E-state index contributed by atoms with van der Waals surface area (Å²) >= 11 is 0. The maximum atomic E-state index is 11.1. The smallest absolute Gasteiger partial charge is 0.305 e. The molecule has 1 aliphatic rings. The number of hydrogen-bond acceptors (Lipinski definition) is 3. The Balaban J connectivity index is 2.00. The predicted molar refractivity (Wildman–Crippen MR) is 46.9 cm³/mol. The van der Waals surface area contributed by atoms with E-state index >= 15 is 0 Å². The number of nitrogens with zero attached hydrogens (tertiary/aromatic N) is 3. The molecule has 0 unspecified atom stereocenters.